The largest absolute Gasteiger partial charge is 0.387 e. The molecule has 0 saturated carbocycles. The van der Waals surface area contributed by atoms with Gasteiger partial charge in [-0.1, -0.05) is 48.5 Å². The van der Waals surface area contributed by atoms with Gasteiger partial charge in [-0.15, -0.1) is 0 Å². The van der Waals surface area contributed by atoms with Crippen molar-refractivity contribution in [3.05, 3.63) is 76.6 Å². The minimum absolute atomic E-state index is 0.134. The summed E-state index contributed by atoms with van der Waals surface area (Å²) in [5.74, 6) is 0.605. The smallest absolute Gasteiger partial charge is 0.257 e. The third-order valence-corrected chi connectivity index (χ3v) is 3.42. The molecule has 1 aromatic heterocycles. The minimum atomic E-state index is -0.624. The fourth-order valence-corrected chi connectivity index (χ4v) is 2.31. The Hall–Kier alpha value is -2.59. The highest BCUT2D eigenvalue weighted by Gasteiger charge is 2.07. The van der Waals surface area contributed by atoms with E-state index in [4.69, 9.17) is 0 Å². The summed E-state index contributed by atoms with van der Waals surface area (Å²) < 4.78 is 0. The molecule has 0 aliphatic rings. The van der Waals surface area contributed by atoms with Gasteiger partial charge < -0.3 is 15.4 Å². The highest BCUT2D eigenvalue weighted by Crippen LogP contribution is 2.15. The average Bonchev–Trinajstić information content (AvgIpc) is 2.53. The fraction of sp³-hybridized carbons (Fsp3) is 0.118. The first kappa shape index (κ1) is 13.4. The molecule has 106 valence electrons. The SMILES string of the molecule is O=c1[nH]c(NCC(O)c2ccccc2)cc2ccccc12. The van der Waals surface area contributed by atoms with Gasteiger partial charge in [0.2, 0.25) is 0 Å². The highest BCUT2D eigenvalue weighted by atomic mass is 16.3. The van der Waals surface area contributed by atoms with Gasteiger partial charge >= 0.3 is 0 Å². The molecule has 3 N–H and O–H groups in total. The topological polar surface area (TPSA) is 65.1 Å². The zero-order valence-corrected chi connectivity index (χ0v) is 11.4. The molecule has 21 heavy (non-hydrogen) atoms. The molecule has 0 aliphatic carbocycles. The van der Waals surface area contributed by atoms with E-state index in [1.54, 1.807) is 6.07 Å². The lowest BCUT2D eigenvalue weighted by atomic mass is 10.1. The number of aromatic amines is 1. The Kier molecular flexibility index (Phi) is 3.71. The first-order valence-electron chi connectivity index (χ1n) is 6.83. The highest BCUT2D eigenvalue weighted by molar-refractivity contribution is 5.83. The van der Waals surface area contributed by atoms with Gasteiger partial charge in [0.25, 0.3) is 5.56 Å². The number of aromatic nitrogens is 1. The summed E-state index contributed by atoms with van der Waals surface area (Å²) in [4.78, 5) is 14.7. The molecule has 0 amide bonds. The van der Waals surface area contributed by atoms with E-state index >= 15 is 0 Å². The van der Waals surface area contributed by atoms with Crippen LogP contribution in [0.15, 0.2) is 65.5 Å². The zero-order chi connectivity index (χ0) is 14.7. The number of aliphatic hydroxyl groups excluding tert-OH is 1. The van der Waals surface area contributed by atoms with Gasteiger partial charge in [0, 0.05) is 11.9 Å². The summed E-state index contributed by atoms with van der Waals surface area (Å²) in [6, 6.07) is 18.7. The lowest BCUT2D eigenvalue weighted by Gasteiger charge is -2.13. The standard InChI is InChI=1S/C17H16N2O2/c20-15(12-6-2-1-3-7-12)11-18-16-10-13-8-4-5-9-14(13)17(21)19-16/h1-10,15,20H,11H2,(H2,18,19,21). The van der Waals surface area contributed by atoms with Crippen molar-refractivity contribution in [2.45, 2.75) is 6.10 Å². The van der Waals surface area contributed by atoms with Crippen molar-refractivity contribution >= 4 is 16.6 Å². The van der Waals surface area contributed by atoms with Crippen molar-refractivity contribution in [2.24, 2.45) is 0 Å². The number of benzene rings is 2. The molecule has 3 rings (SSSR count). The maximum atomic E-state index is 12.0. The number of hydrogen-bond donors (Lipinski definition) is 3. The van der Waals surface area contributed by atoms with Gasteiger partial charge in [0.15, 0.2) is 0 Å². The van der Waals surface area contributed by atoms with E-state index in [1.807, 2.05) is 54.6 Å². The van der Waals surface area contributed by atoms with E-state index in [1.165, 1.54) is 0 Å². The second-order valence-corrected chi connectivity index (χ2v) is 4.91. The van der Waals surface area contributed by atoms with Gasteiger partial charge in [-0.05, 0) is 23.1 Å². The fourth-order valence-electron chi connectivity index (χ4n) is 2.31. The monoisotopic (exact) mass is 280 g/mol. The maximum absolute atomic E-state index is 12.0. The van der Waals surface area contributed by atoms with E-state index in [0.717, 1.165) is 10.9 Å². The van der Waals surface area contributed by atoms with Gasteiger partial charge in [-0.2, -0.15) is 0 Å². The molecule has 0 radical (unpaired) electrons. The maximum Gasteiger partial charge on any atom is 0.257 e. The predicted octanol–water partition coefficient (Wildman–Crippen LogP) is 2.67. The molecule has 0 bridgehead atoms. The third kappa shape index (κ3) is 2.95. The Morgan fingerprint density at radius 2 is 1.76 bits per heavy atom. The van der Waals surface area contributed by atoms with Crippen molar-refractivity contribution < 1.29 is 5.11 Å². The Morgan fingerprint density at radius 1 is 1.05 bits per heavy atom. The summed E-state index contributed by atoms with van der Waals surface area (Å²) in [6.45, 7) is 0.332. The van der Waals surface area contributed by atoms with Gasteiger partial charge in [-0.3, -0.25) is 4.79 Å². The molecule has 0 saturated heterocycles. The molecule has 1 heterocycles. The van der Waals surface area contributed by atoms with Crippen molar-refractivity contribution in [2.75, 3.05) is 11.9 Å². The van der Waals surface area contributed by atoms with Crippen molar-refractivity contribution in [1.29, 1.82) is 0 Å². The Labute approximate surface area is 122 Å². The second kappa shape index (κ2) is 5.81. The van der Waals surface area contributed by atoms with Crippen LogP contribution in [-0.4, -0.2) is 16.6 Å². The van der Waals surface area contributed by atoms with Crippen LogP contribution in [0.5, 0.6) is 0 Å². The van der Waals surface area contributed by atoms with Crippen LogP contribution in [0, 0.1) is 0 Å². The van der Waals surface area contributed by atoms with Crippen LogP contribution in [0.3, 0.4) is 0 Å². The quantitative estimate of drug-likeness (QED) is 0.688. The van der Waals surface area contributed by atoms with Gasteiger partial charge in [-0.25, -0.2) is 0 Å². The summed E-state index contributed by atoms with van der Waals surface area (Å²) in [7, 11) is 0. The number of nitrogens with one attached hydrogen (secondary N) is 2. The van der Waals surface area contributed by atoms with Crippen molar-refractivity contribution in [3.8, 4) is 0 Å². The van der Waals surface area contributed by atoms with Crippen LogP contribution in [0.2, 0.25) is 0 Å². The molecule has 1 atom stereocenters. The Balaban J connectivity index is 1.78. The van der Waals surface area contributed by atoms with Crippen LogP contribution >= 0.6 is 0 Å². The number of aliphatic hydroxyl groups is 1. The van der Waals surface area contributed by atoms with E-state index in [2.05, 4.69) is 10.3 Å². The normalized spacial score (nSPS) is 12.2. The molecule has 0 fully saturated rings. The molecule has 2 aromatic carbocycles. The number of H-pyrrole nitrogens is 1. The number of hydrogen-bond acceptors (Lipinski definition) is 3. The first-order valence-corrected chi connectivity index (χ1v) is 6.83. The zero-order valence-electron chi connectivity index (χ0n) is 11.4. The minimum Gasteiger partial charge on any atom is -0.387 e. The number of pyridine rings is 1. The van der Waals surface area contributed by atoms with E-state index in [0.29, 0.717) is 17.7 Å². The van der Waals surface area contributed by atoms with Crippen molar-refractivity contribution in [1.82, 2.24) is 4.98 Å². The molecular weight excluding hydrogens is 264 g/mol. The molecule has 0 spiro atoms. The van der Waals surface area contributed by atoms with E-state index < -0.39 is 6.10 Å². The average molecular weight is 280 g/mol. The van der Waals surface area contributed by atoms with E-state index in [-0.39, 0.29) is 5.56 Å². The van der Waals surface area contributed by atoms with Crippen LogP contribution in [0.25, 0.3) is 10.8 Å². The summed E-state index contributed by atoms with van der Waals surface area (Å²) in [6.07, 6.45) is -0.624. The lowest BCUT2D eigenvalue weighted by Crippen LogP contribution is -2.16. The van der Waals surface area contributed by atoms with Crippen LogP contribution in [-0.2, 0) is 0 Å². The van der Waals surface area contributed by atoms with Gasteiger partial charge in [0.05, 0.1) is 6.10 Å². The molecule has 4 nitrogen and oxygen atoms in total. The molecule has 3 aromatic rings. The van der Waals surface area contributed by atoms with Crippen molar-refractivity contribution in [3.63, 3.8) is 0 Å². The number of fused-ring (bicyclic) bond motifs is 1. The Morgan fingerprint density at radius 3 is 2.57 bits per heavy atom. The predicted molar refractivity (Wildman–Crippen MR) is 84.5 cm³/mol. The first-order chi connectivity index (χ1) is 10.2. The number of rotatable bonds is 4. The molecular formula is C17H16N2O2. The molecule has 1 unspecified atom stereocenters. The summed E-state index contributed by atoms with van der Waals surface area (Å²) >= 11 is 0. The van der Waals surface area contributed by atoms with Crippen LogP contribution in [0.1, 0.15) is 11.7 Å². The second-order valence-electron chi connectivity index (χ2n) is 4.91. The third-order valence-electron chi connectivity index (χ3n) is 3.42. The lowest BCUT2D eigenvalue weighted by molar-refractivity contribution is 0.191. The summed E-state index contributed by atoms with van der Waals surface area (Å²) in [5, 5.41) is 14.7. The van der Waals surface area contributed by atoms with Crippen LogP contribution < -0.4 is 10.9 Å². The summed E-state index contributed by atoms with van der Waals surface area (Å²) in [5.41, 5.74) is 0.706. The molecule has 0 aliphatic heterocycles. The number of anilines is 1. The van der Waals surface area contributed by atoms with Crippen LogP contribution in [0.4, 0.5) is 5.82 Å². The molecule has 4 heteroatoms. The Bertz CT molecular complexity index is 796. The van der Waals surface area contributed by atoms with Gasteiger partial charge in [0.1, 0.15) is 5.82 Å². The van der Waals surface area contributed by atoms with E-state index in [9.17, 15) is 9.90 Å².